The number of carboxylic acid groups (broad SMARTS) is 1. The largest absolute Gasteiger partial charge is 0.477 e. The van der Waals surface area contributed by atoms with E-state index < -0.39 is 5.97 Å². The Bertz CT molecular complexity index is 785. The molecule has 0 amide bonds. The number of nitrogen functional groups attached to an aromatic ring is 1. The maximum atomic E-state index is 11.2. The minimum atomic E-state index is -1.08. The smallest absolute Gasteiger partial charge is 0.354 e. The highest BCUT2D eigenvalue weighted by molar-refractivity contribution is 6.06. The first kappa shape index (κ1) is 11.3. The second-order valence-corrected chi connectivity index (χ2v) is 4.33. The van der Waals surface area contributed by atoms with Crippen molar-refractivity contribution >= 4 is 22.7 Å². The van der Waals surface area contributed by atoms with Crippen molar-refractivity contribution in [3.63, 3.8) is 0 Å². The van der Waals surface area contributed by atoms with Crippen LogP contribution in [-0.4, -0.2) is 26.3 Å². The molecule has 96 valence electrons. The lowest BCUT2D eigenvalue weighted by atomic mass is 10.0. The minimum Gasteiger partial charge on any atom is -0.477 e. The lowest BCUT2D eigenvalue weighted by Gasteiger charge is -2.01. The molecular weight excluding hydrogens is 244 g/mol. The Morgan fingerprint density at radius 2 is 2.05 bits per heavy atom. The molecule has 2 aromatic heterocycles. The van der Waals surface area contributed by atoms with Gasteiger partial charge in [0.2, 0.25) is 0 Å². The maximum absolute atomic E-state index is 11.2. The van der Waals surface area contributed by atoms with E-state index in [1.165, 1.54) is 0 Å². The number of aryl methyl sites for hydroxylation is 1. The summed E-state index contributed by atoms with van der Waals surface area (Å²) in [6.07, 6.45) is 0. The van der Waals surface area contributed by atoms with E-state index in [9.17, 15) is 9.90 Å². The molecule has 0 unspecified atom stereocenters. The fraction of sp³-hybridized carbons (Fsp3) is 0.0769. The molecule has 2 heterocycles. The number of aromatic amines is 2. The van der Waals surface area contributed by atoms with Gasteiger partial charge in [0, 0.05) is 22.2 Å². The molecule has 0 radical (unpaired) electrons. The minimum absolute atomic E-state index is 0.00496. The van der Waals surface area contributed by atoms with Gasteiger partial charge in [0.1, 0.15) is 0 Å². The van der Waals surface area contributed by atoms with Crippen LogP contribution in [0.1, 0.15) is 16.2 Å². The lowest BCUT2D eigenvalue weighted by Crippen LogP contribution is -2.00. The van der Waals surface area contributed by atoms with Crippen LogP contribution in [0, 0.1) is 6.92 Å². The lowest BCUT2D eigenvalue weighted by molar-refractivity contribution is 0.0691. The fourth-order valence-electron chi connectivity index (χ4n) is 2.36. The Kier molecular flexibility index (Phi) is 2.31. The number of hydrogen-bond donors (Lipinski definition) is 4. The van der Waals surface area contributed by atoms with Gasteiger partial charge in [-0.15, -0.1) is 0 Å². The zero-order valence-corrected chi connectivity index (χ0v) is 10.2. The van der Waals surface area contributed by atoms with Crippen molar-refractivity contribution in [1.29, 1.82) is 0 Å². The predicted molar refractivity (Wildman–Crippen MR) is 72.0 cm³/mol. The first-order valence-electron chi connectivity index (χ1n) is 5.74. The fourth-order valence-corrected chi connectivity index (χ4v) is 2.36. The predicted octanol–water partition coefficient (Wildman–Crippen LogP) is 2.15. The average Bonchev–Trinajstić information content (AvgIpc) is 2.88. The summed E-state index contributed by atoms with van der Waals surface area (Å²) >= 11 is 0. The number of rotatable bonds is 2. The number of anilines is 1. The summed E-state index contributed by atoms with van der Waals surface area (Å²) in [4.78, 5) is 14.5. The first-order valence-corrected chi connectivity index (χ1v) is 5.74. The maximum Gasteiger partial charge on any atom is 0.354 e. The first-order chi connectivity index (χ1) is 9.09. The Morgan fingerprint density at radius 3 is 2.79 bits per heavy atom. The molecule has 6 heteroatoms. The zero-order chi connectivity index (χ0) is 13.6. The zero-order valence-electron chi connectivity index (χ0n) is 10.2. The van der Waals surface area contributed by atoms with Gasteiger partial charge in [0.25, 0.3) is 0 Å². The number of H-pyrrole nitrogens is 2. The highest BCUT2D eigenvalue weighted by Gasteiger charge is 2.22. The van der Waals surface area contributed by atoms with E-state index in [-0.39, 0.29) is 11.5 Å². The molecule has 19 heavy (non-hydrogen) atoms. The van der Waals surface area contributed by atoms with Crippen molar-refractivity contribution in [2.75, 3.05) is 5.73 Å². The van der Waals surface area contributed by atoms with E-state index in [4.69, 9.17) is 5.73 Å². The van der Waals surface area contributed by atoms with Crippen molar-refractivity contribution < 1.29 is 9.90 Å². The van der Waals surface area contributed by atoms with Gasteiger partial charge in [-0.05, 0) is 13.0 Å². The number of aromatic carboxylic acids is 1. The van der Waals surface area contributed by atoms with Crippen LogP contribution in [0.4, 0.5) is 5.82 Å². The van der Waals surface area contributed by atoms with Crippen LogP contribution in [0.25, 0.3) is 22.0 Å². The third-order valence-electron chi connectivity index (χ3n) is 3.15. The van der Waals surface area contributed by atoms with Gasteiger partial charge in [-0.3, -0.25) is 5.10 Å². The second kappa shape index (κ2) is 3.88. The van der Waals surface area contributed by atoms with Crippen LogP contribution >= 0.6 is 0 Å². The summed E-state index contributed by atoms with van der Waals surface area (Å²) in [6, 6.07) is 7.67. The third-order valence-corrected chi connectivity index (χ3v) is 3.15. The van der Waals surface area contributed by atoms with E-state index in [0.717, 1.165) is 22.2 Å². The van der Waals surface area contributed by atoms with Gasteiger partial charge in [-0.25, -0.2) is 4.79 Å². The number of fused-ring (bicyclic) bond motifs is 1. The van der Waals surface area contributed by atoms with Crippen molar-refractivity contribution in [2.45, 2.75) is 6.92 Å². The van der Waals surface area contributed by atoms with E-state index >= 15 is 0 Å². The Hall–Kier alpha value is -2.76. The van der Waals surface area contributed by atoms with Gasteiger partial charge < -0.3 is 15.8 Å². The Balaban J connectivity index is 2.39. The number of nitrogens with one attached hydrogen (secondary N) is 2. The number of hydrogen-bond acceptors (Lipinski definition) is 3. The van der Waals surface area contributed by atoms with Gasteiger partial charge in [0.15, 0.2) is 11.5 Å². The summed E-state index contributed by atoms with van der Waals surface area (Å²) in [5, 5.41) is 16.4. The van der Waals surface area contributed by atoms with Crippen LogP contribution in [0.15, 0.2) is 24.3 Å². The molecule has 0 fully saturated rings. The summed E-state index contributed by atoms with van der Waals surface area (Å²) in [7, 11) is 0. The number of carbonyl (C=O) groups is 1. The number of aromatic nitrogens is 3. The van der Waals surface area contributed by atoms with E-state index in [0.29, 0.717) is 5.56 Å². The van der Waals surface area contributed by atoms with Gasteiger partial charge in [0.05, 0.1) is 5.56 Å². The Morgan fingerprint density at radius 1 is 1.32 bits per heavy atom. The molecule has 0 aliphatic carbocycles. The molecule has 0 saturated carbocycles. The van der Waals surface area contributed by atoms with Crippen LogP contribution < -0.4 is 5.73 Å². The van der Waals surface area contributed by atoms with Gasteiger partial charge in [-0.1, -0.05) is 18.2 Å². The third kappa shape index (κ3) is 1.57. The summed E-state index contributed by atoms with van der Waals surface area (Å²) in [5.74, 6) is -0.894. The number of carboxylic acids is 1. The molecule has 0 saturated heterocycles. The number of benzene rings is 1. The molecule has 3 rings (SSSR count). The Labute approximate surface area is 108 Å². The quantitative estimate of drug-likeness (QED) is 0.563. The second-order valence-electron chi connectivity index (χ2n) is 4.33. The van der Waals surface area contributed by atoms with Crippen molar-refractivity contribution in [1.82, 2.24) is 15.2 Å². The highest BCUT2D eigenvalue weighted by Crippen LogP contribution is 2.36. The summed E-state index contributed by atoms with van der Waals surface area (Å²) in [5.41, 5.74) is 8.82. The van der Waals surface area contributed by atoms with E-state index in [1.807, 2.05) is 31.2 Å². The summed E-state index contributed by atoms with van der Waals surface area (Å²) in [6.45, 7) is 1.88. The van der Waals surface area contributed by atoms with E-state index in [1.54, 1.807) is 0 Å². The topological polar surface area (TPSA) is 108 Å². The van der Waals surface area contributed by atoms with Crippen LogP contribution in [-0.2, 0) is 0 Å². The number of nitrogens with two attached hydrogens (primary N) is 1. The standard InChI is InChI=1S/C13H12N4O2/c1-6-9(7-4-2-3-5-8(7)15-6)10-11(13(18)19)16-17-12(10)14/h2-5,15H,1H3,(H,18,19)(H3,14,16,17). The van der Waals surface area contributed by atoms with Crippen molar-refractivity contribution in [3.05, 3.63) is 35.7 Å². The van der Waals surface area contributed by atoms with Crippen molar-refractivity contribution in [2.24, 2.45) is 0 Å². The average molecular weight is 256 g/mol. The van der Waals surface area contributed by atoms with Crippen molar-refractivity contribution in [3.8, 4) is 11.1 Å². The molecular formula is C13H12N4O2. The molecule has 0 aliphatic rings. The molecule has 0 spiro atoms. The molecule has 0 atom stereocenters. The normalized spacial score (nSPS) is 11.0. The molecule has 0 bridgehead atoms. The summed E-state index contributed by atoms with van der Waals surface area (Å²) < 4.78 is 0. The monoisotopic (exact) mass is 256 g/mol. The molecule has 0 aliphatic heterocycles. The van der Waals surface area contributed by atoms with Crippen LogP contribution in [0.5, 0.6) is 0 Å². The molecule has 1 aromatic carbocycles. The highest BCUT2D eigenvalue weighted by atomic mass is 16.4. The van der Waals surface area contributed by atoms with Gasteiger partial charge >= 0.3 is 5.97 Å². The molecule has 3 aromatic rings. The van der Waals surface area contributed by atoms with Crippen LogP contribution in [0.3, 0.4) is 0 Å². The molecule has 5 N–H and O–H groups in total. The number of nitrogens with zero attached hydrogens (tertiary/aromatic N) is 1. The van der Waals surface area contributed by atoms with Gasteiger partial charge in [-0.2, -0.15) is 5.10 Å². The SMILES string of the molecule is Cc1[nH]c2ccccc2c1-c1c(N)n[nH]c1C(=O)O. The molecule has 6 nitrogen and oxygen atoms in total. The number of para-hydroxylation sites is 1. The van der Waals surface area contributed by atoms with E-state index in [2.05, 4.69) is 15.2 Å². The van der Waals surface area contributed by atoms with Crippen LogP contribution in [0.2, 0.25) is 0 Å².